The van der Waals surface area contributed by atoms with E-state index in [9.17, 15) is 12.8 Å². The highest BCUT2D eigenvalue weighted by atomic mass is 32.2. The van der Waals surface area contributed by atoms with E-state index in [0.29, 0.717) is 11.4 Å². The van der Waals surface area contributed by atoms with Crippen LogP contribution >= 0.6 is 0 Å². The van der Waals surface area contributed by atoms with Crippen LogP contribution in [0.4, 0.5) is 4.39 Å². The maximum absolute atomic E-state index is 13.2. The van der Waals surface area contributed by atoms with E-state index in [1.807, 2.05) is 0 Å². The minimum absolute atomic E-state index is 0.120. The summed E-state index contributed by atoms with van der Waals surface area (Å²) in [7, 11) is -3.66. The molecule has 1 aromatic heterocycles. The fourth-order valence-electron chi connectivity index (χ4n) is 3.39. The van der Waals surface area contributed by atoms with Gasteiger partial charge in [0.05, 0.1) is 11.4 Å². The number of hydrogen-bond acceptors (Lipinski definition) is 4. The van der Waals surface area contributed by atoms with Gasteiger partial charge in [-0.25, -0.2) is 17.5 Å². The van der Waals surface area contributed by atoms with E-state index < -0.39 is 10.0 Å². The van der Waals surface area contributed by atoms with E-state index in [1.165, 1.54) is 12.1 Å². The van der Waals surface area contributed by atoms with E-state index in [-0.39, 0.29) is 23.3 Å². The monoisotopic (exact) mass is 366 g/mol. The fraction of sp³-hybridized carbons (Fsp3) is 0.471. The molecule has 0 aliphatic carbocycles. The Morgan fingerprint density at radius 1 is 1.24 bits per heavy atom. The number of halogens is 1. The molecule has 2 N–H and O–H groups in total. The van der Waals surface area contributed by atoms with E-state index in [4.69, 9.17) is 0 Å². The SMILES string of the molecule is Cc1n[nH]c(C)c1S(=O)(=O)NCC(c1ccc(F)cc1)N1CCCC1. The summed E-state index contributed by atoms with van der Waals surface area (Å²) in [5, 5.41) is 6.66. The molecular weight excluding hydrogens is 343 g/mol. The second-order valence-corrected chi connectivity index (χ2v) is 8.13. The van der Waals surface area contributed by atoms with Crippen LogP contribution in [0.5, 0.6) is 0 Å². The smallest absolute Gasteiger partial charge is 0.244 e. The lowest BCUT2D eigenvalue weighted by atomic mass is 10.1. The summed E-state index contributed by atoms with van der Waals surface area (Å²) in [6.45, 7) is 5.40. The lowest BCUT2D eigenvalue weighted by Crippen LogP contribution is -2.37. The zero-order valence-corrected chi connectivity index (χ0v) is 15.2. The molecule has 1 saturated heterocycles. The van der Waals surface area contributed by atoms with Crippen molar-refractivity contribution >= 4 is 10.0 Å². The summed E-state index contributed by atoms with van der Waals surface area (Å²) in [5.41, 5.74) is 1.88. The molecule has 8 heteroatoms. The molecule has 1 aliphatic rings. The molecule has 1 unspecified atom stereocenters. The van der Waals surface area contributed by atoms with E-state index in [1.54, 1.807) is 26.0 Å². The normalized spacial score (nSPS) is 17.1. The zero-order chi connectivity index (χ0) is 18.0. The third kappa shape index (κ3) is 3.91. The summed E-state index contributed by atoms with van der Waals surface area (Å²) in [6.07, 6.45) is 2.18. The summed E-state index contributed by atoms with van der Waals surface area (Å²) in [6, 6.07) is 6.15. The number of hydrogen-bond donors (Lipinski definition) is 2. The lowest BCUT2D eigenvalue weighted by Gasteiger charge is -2.28. The molecule has 1 aliphatic heterocycles. The van der Waals surface area contributed by atoms with Gasteiger partial charge in [-0.05, 0) is 57.5 Å². The number of aromatic amines is 1. The third-order valence-electron chi connectivity index (χ3n) is 4.63. The molecule has 0 amide bonds. The van der Waals surface area contributed by atoms with Crippen molar-refractivity contribution in [2.75, 3.05) is 19.6 Å². The molecule has 6 nitrogen and oxygen atoms in total. The highest BCUT2D eigenvalue weighted by Crippen LogP contribution is 2.26. The Morgan fingerprint density at radius 2 is 1.88 bits per heavy atom. The number of rotatable bonds is 6. The number of likely N-dealkylation sites (tertiary alicyclic amines) is 1. The number of aromatic nitrogens is 2. The second kappa shape index (κ2) is 7.23. The molecule has 1 fully saturated rings. The Kier molecular flexibility index (Phi) is 5.21. The molecule has 2 aromatic rings. The average Bonchev–Trinajstić information content (AvgIpc) is 3.19. The minimum Gasteiger partial charge on any atom is -0.295 e. The van der Waals surface area contributed by atoms with Gasteiger partial charge in [0.2, 0.25) is 10.0 Å². The van der Waals surface area contributed by atoms with Crippen molar-refractivity contribution in [1.29, 1.82) is 0 Å². The first kappa shape index (κ1) is 18.0. The van der Waals surface area contributed by atoms with Gasteiger partial charge in [-0.1, -0.05) is 12.1 Å². The van der Waals surface area contributed by atoms with Gasteiger partial charge in [0.25, 0.3) is 0 Å². The van der Waals surface area contributed by atoms with Crippen LogP contribution in [0, 0.1) is 19.7 Å². The van der Waals surface area contributed by atoms with Gasteiger partial charge in [-0.2, -0.15) is 5.10 Å². The molecule has 3 rings (SSSR count). The average molecular weight is 366 g/mol. The Morgan fingerprint density at radius 3 is 2.44 bits per heavy atom. The molecule has 136 valence electrons. The topological polar surface area (TPSA) is 78.1 Å². The van der Waals surface area contributed by atoms with Crippen LogP contribution in [0.2, 0.25) is 0 Å². The van der Waals surface area contributed by atoms with Crippen LogP contribution in [-0.4, -0.2) is 43.1 Å². The molecule has 1 atom stereocenters. The van der Waals surface area contributed by atoms with E-state index in [2.05, 4.69) is 19.8 Å². The first-order valence-electron chi connectivity index (χ1n) is 8.39. The Balaban J connectivity index is 1.82. The fourth-order valence-corrected chi connectivity index (χ4v) is 4.80. The van der Waals surface area contributed by atoms with Gasteiger partial charge < -0.3 is 0 Å². The van der Waals surface area contributed by atoms with Crippen LogP contribution in [-0.2, 0) is 10.0 Å². The summed E-state index contributed by atoms with van der Waals surface area (Å²) in [5.74, 6) is -0.297. The second-order valence-electron chi connectivity index (χ2n) is 6.43. The maximum atomic E-state index is 13.2. The number of H-pyrrole nitrogens is 1. The molecular formula is C17H23FN4O2S. The number of benzene rings is 1. The predicted molar refractivity (Wildman–Crippen MR) is 93.2 cm³/mol. The van der Waals surface area contributed by atoms with Gasteiger partial charge in [0.1, 0.15) is 10.7 Å². The van der Waals surface area contributed by atoms with Gasteiger partial charge in [0.15, 0.2) is 0 Å². The number of sulfonamides is 1. The van der Waals surface area contributed by atoms with Gasteiger partial charge >= 0.3 is 0 Å². The molecule has 0 saturated carbocycles. The largest absolute Gasteiger partial charge is 0.295 e. The Hall–Kier alpha value is -1.77. The number of aryl methyl sites for hydroxylation is 2. The zero-order valence-electron chi connectivity index (χ0n) is 14.4. The van der Waals surface area contributed by atoms with Gasteiger partial charge in [0, 0.05) is 12.6 Å². The number of nitrogens with zero attached hydrogens (tertiary/aromatic N) is 2. The van der Waals surface area contributed by atoms with Gasteiger partial charge in [-0.15, -0.1) is 0 Å². The van der Waals surface area contributed by atoms with Gasteiger partial charge in [-0.3, -0.25) is 10.00 Å². The molecule has 1 aromatic carbocycles. The van der Waals surface area contributed by atoms with Crippen LogP contribution < -0.4 is 4.72 Å². The summed E-state index contributed by atoms with van der Waals surface area (Å²) in [4.78, 5) is 2.44. The highest BCUT2D eigenvalue weighted by Gasteiger charge is 2.27. The van der Waals surface area contributed by atoms with Crippen molar-refractivity contribution in [2.45, 2.75) is 37.6 Å². The molecule has 0 spiro atoms. The van der Waals surface area contributed by atoms with Crippen LogP contribution in [0.1, 0.15) is 35.8 Å². The van der Waals surface area contributed by atoms with Crippen molar-refractivity contribution in [3.63, 3.8) is 0 Å². The van der Waals surface area contributed by atoms with E-state index >= 15 is 0 Å². The quantitative estimate of drug-likeness (QED) is 0.822. The van der Waals surface area contributed by atoms with Crippen LogP contribution in [0.3, 0.4) is 0 Å². The predicted octanol–water partition coefficient (Wildman–Crippen LogP) is 2.28. The van der Waals surface area contributed by atoms with Crippen LogP contribution in [0.25, 0.3) is 0 Å². The van der Waals surface area contributed by atoms with Crippen molar-refractivity contribution in [3.8, 4) is 0 Å². The van der Waals surface area contributed by atoms with Crippen molar-refractivity contribution in [1.82, 2.24) is 19.8 Å². The molecule has 2 heterocycles. The Bertz CT molecular complexity index is 807. The third-order valence-corrected chi connectivity index (χ3v) is 6.32. The van der Waals surface area contributed by atoms with Crippen LogP contribution in [0.15, 0.2) is 29.2 Å². The highest BCUT2D eigenvalue weighted by molar-refractivity contribution is 7.89. The van der Waals surface area contributed by atoms with Crippen molar-refractivity contribution < 1.29 is 12.8 Å². The lowest BCUT2D eigenvalue weighted by molar-refractivity contribution is 0.246. The summed E-state index contributed by atoms with van der Waals surface area (Å²) >= 11 is 0. The Labute approximate surface area is 147 Å². The maximum Gasteiger partial charge on any atom is 0.244 e. The number of nitrogens with one attached hydrogen (secondary N) is 2. The van der Waals surface area contributed by atoms with Crippen molar-refractivity contribution in [3.05, 3.63) is 47.0 Å². The molecule has 25 heavy (non-hydrogen) atoms. The summed E-state index contributed by atoms with van der Waals surface area (Å²) < 4.78 is 41.3. The van der Waals surface area contributed by atoms with Crippen molar-refractivity contribution in [2.24, 2.45) is 0 Å². The standard InChI is InChI=1S/C17H23FN4O2S/c1-12-17(13(2)21-20-12)25(23,24)19-11-16(22-9-3-4-10-22)14-5-7-15(18)8-6-14/h5-8,16,19H,3-4,9-11H2,1-2H3,(H,20,21). The molecule has 0 radical (unpaired) electrons. The van der Waals surface area contributed by atoms with E-state index in [0.717, 1.165) is 31.5 Å². The first-order chi connectivity index (χ1) is 11.9. The first-order valence-corrected chi connectivity index (χ1v) is 9.87. The minimum atomic E-state index is -3.66. The molecule has 0 bridgehead atoms.